The van der Waals surface area contributed by atoms with Crippen LogP contribution in [0.5, 0.6) is 0 Å². The Labute approximate surface area is 158 Å². The molecule has 1 fully saturated rings. The first-order chi connectivity index (χ1) is 12.1. The largest absolute Gasteiger partial charge is 0.341 e. The van der Waals surface area contributed by atoms with Gasteiger partial charge in [-0.2, -0.15) is 4.72 Å². The number of nitrogens with one attached hydrogen (secondary N) is 1. The second kappa shape index (κ2) is 8.53. The van der Waals surface area contributed by atoms with E-state index in [1.807, 2.05) is 25.7 Å². The van der Waals surface area contributed by atoms with Gasteiger partial charge in [-0.05, 0) is 49.7 Å². The topological polar surface area (TPSA) is 66.5 Å². The number of rotatable bonds is 6. The molecule has 0 saturated carbocycles. The molecule has 1 aromatic rings. The van der Waals surface area contributed by atoms with E-state index >= 15 is 0 Å². The van der Waals surface area contributed by atoms with Gasteiger partial charge < -0.3 is 4.90 Å². The molecule has 3 atom stereocenters. The van der Waals surface area contributed by atoms with E-state index in [9.17, 15) is 13.2 Å². The van der Waals surface area contributed by atoms with E-state index in [4.69, 9.17) is 0 Å². The lowest BCUT2D eigenvalue weighted by atomic mass is 9.91. The van der Waals surface area contributed by atoms with Gasteiger partial charge in [0.15, 0.2) is 0 Å². The van der Waals surface area contributed by atoms with E-state index in [0.717, 1.165) is 12.0 Å². The van der Waals surface area contributed by atoms with Gasteiger partial charge >= 0.3 is 0 Å². The van der Waals surface area contributed by atoms with Crippen LogP contribution < -0.4 is 4.72 Å². The van der Waals surface area contributed by atoms with Crippen LogP contribution in [0.15, 0.2) is 29.2 Å². The Morgan fingerprint density at radius 3 is 2.19 bits per heavy atom. The SMILES string of the molecule is Cc1ccc(S(=O)(=O)NC(CC(C)C)C(=O)N2CC(C)CC(C)C2)cc1. The van der Waals surface area contributed by atoms with Crippen molar-refractivity contribution in [2.24, 2.45) is 17.8 Å². The summed E-state index contributed by atoms with van der Waals surface area (Å²) < 4.78 is 28.2. The Bertz CT molecular complexity index is 703. The van der Waals surface area contributed by atoms with E-state index in [-0.39, 0.29) is 16.7 Å². The third-order valence-corrected chi connectivity index (χ3v) is 6.30. The molecule has 0 bridgehead atoms. The van der Waals surface area contributed by atoms with Crippen LogP contribution in [0, 0.1) is 24.7 Å². The quantitative estimate of drug-likeness (QED) is 0.824. The molecule has 1 N–H and O–H groups in total. The van der Waals surface area contributed by atoms with Gasteiger partial charge in [-0.1, -0.05) is 45.4 Å². The third-order valence-electron chi connectivity index (χ3n) is 4.81. The maximum atomic E-state index is 13.1. The lowest BCUT2D eigenvalue weighted by Crippen LogP contribution is -2.52. The van der Waals surface area contributed by atoms with Crippen LogP contribution in [0.25, 0.3) is 0 Å². The van der Waals surface area contributed by atoms with Crippen molar-refractivity contribution < 1.29 is 13.2 Å². The number of carbonyl (C=O) groups is 1. The van der Waals surface area contributed by atoms with Gasteiger partial charge in [-0.25, -0.2) is 8.42 Å². The summed E-state index contributed by atoms with van der Waals surface area (Å²) in [4.78, 5) is 15.1. The fourth-order valence-corrected chi connectivity index (χ4v) is 4.91. The Morgan fingerprint density at radius 2 is 1.69 bits per heavy atom. The number of piperidine rings is 1. The molecule has 1 aliphatic rings. The predicted molar refractivity (Wildman–Crippen MR) is 104 cm³/mol. The molecule has 5 nitrogen and oxygen atoms in total. The lowest BCUT2D eigenvalue weighted by Gasteiger charge is -2.37. The molecule has 6 heteroatoms. The molecule has 3 unspecified atom stereocenters. The minimum Gasteiger partial charge on any atom is -0.341 e. The first kappa shape index (κ1) is 20.9. The number of amides is 1. The molecule has 1 saturated heterocycles. The van der Waals surface area contributed by atoms with Gasteiger partial charge in [-0.3, -0.25) is 4.79 Å². The highest BCUT2D eigenvalue weighted by atomic mass is 32.2. The summed E-state index contributed by atoms with van der Waals surface area (Å²) in [5.41, 5.74) is 0.995. The third kappa shape index (κ3) is 5.55. The fraction of sp³-hybridized carbons (Fsp3) is 0.650. The normalized spacial score (nSPS) is 22.5. The highest BCUT2D eigenvalue weighted by Gasteiger charge is 2.33. The van der Waals surface area contributed by atoms with Crippen LogP contribution in [-0.2, 0) is 14.8 Å². The maximum absolute atomic E-state index is 13.1. The summed E-state index contributed by atoms with van der Waals surface area (Å²) in [5.74, 6) is 0.990. The summed E-state index contributed by atoms with van der Waals surface area (Å²) in [6.45, 7) is 11.6. The monoisotopic (exact) mass is 380 g/mol. The molecule has 0 radical (unpaired) electrons. The van der Waals surface area contributed by atoms with Crippen molar-refractivity contribution in [2.75, 3.05) is 13.1 Å². The molecule has 1 aliphatic heterocycles. The number of benzene rings is 1. The molecule has 2 rings (SSSR count). The van der Waals surface area contributed by atoms with E-state index in [2.05, 4.69) is 18.6 Å². The molecule has 1 aromatic carbocycles. The molecular weight excluding hydrogens is 348 g/mol. The summed E-state index contributed by atoms with van der Waals surface area (Å²) >= 11 is 0. The molecular formula is C20H32N2O3S. The van der Waals surface area contributed by atoms with Crippen LogP contribution in [0.1, 0.15) is 46.1 Å². The smallest absolute Gasteiger partial charge is 0.241 e. The van der Waals surface area contributed by atoms with Crippen LogP contribution in [0.4, 0.5) is 0 Å². The zero-order chi connectivity index (χ0) is 19.5. The molecule has 0 aliphatic carbocycles. The number of hydrogen-bond donors (Lipinski definition) is 1. The Balaban J connectivity index is 2.21. The van der Waals surface area contributed by atoms with Crippen LogP contribution in [0.3, 0.4) is 0 Å². The molecule has 26 heavy (non-hydrogen) atoms. The lowest BCUT2D eigenvalue weighted by molar-refractivity contribution is -0.136. The van der Waals surface area contributed by atoms with Gasteiger partial charge in [0.1, 0.15) is 6.04 Å². The van der Waals surface area contributed by atoms with Crippen molar-refractivity contribution >= 4 is 15.9 Å². The summed E-state index contributed by atoms with van der Waals surface area (Å²) in [7, 11) is -3.73. The number of sulfonamides is 1. The zero-order valence-corrected chi connectivity index (χ0v) is 17.3. The molecule has 146 valence electrons. The number of hydrogen-bond acceptors (Lipinski definition) is 3. The van der Waals surface area contributed by atoms with Crippen LogP contribution >= 0.6 is 0 Å². The highest BCUT2D eigenvalue weighted by molar-refractivity contribution is 7.89. The van der Waals surface area contributed by atoms with Gasteiger partial charge in [-0.15, -0.1) is 0 Å². The predicted octanol–water partition coefficient (Wildman–Crippen LogP) is 3.19. The first-order valence-corrected chi connectivity index (χ1v) is 10.9. The standard InChI is InChI=1S/C20H32N2O3S/c1-14(2)10-19(20(23)22-12-16(4)11-17(5)13-22)21-26(24,25)18-8-6-15(3)7-9-18/h6-9,14,16-17,19,21H,10-13H2,1-5H3. The average molecular weight is 381 g/mol. The van der Waals surface area contributed by atoms with Crippen LogP contribution in [-0.4, -0.2) is 38.4 Å². The van der Waals surface area contributed by atoms with Gasteiger partial charge in [0.05, 0.1) is 4.90 Å². The number of aryl methyl sites for hydroxylation is 1. The van der Waals surface area contributed by atoms with Crippen molar-refractivity contribution in [1.82, 2.24) is 9.62 Å². The van der Waals surface area contributed by atoms with E-state index in [1.165, 1.54) is 0 Å². The van der Waals surface area contributed by atoms with E-state index in [1.54, 1.807) is 24.3 Å². The summed E-state index contributed by atoms with van der Waals surface area (Å²) in [5, 5.41) is 0. The highest BCUT2D eigenvalue weighted by Crippen LogP contribution is 2.23. The van der Waals surface area contributed by atoms with Crippen molar-refractivity contribution in [3.05, 3.63) is 29.8 Å². The van der Waals surface area contributed by atoms with E-state index in [0.29, 0.717) is 31.3 Å². The molecule has 0 spiro atoms. The zero-order valence-electron chi connectivity index (χ0n) is 16.5. The van der Waals surface area contributed by atoms with Gasteiger partial charge in [0, 0.05) is 13.1 Å². The minimum atomic E-state index is -3.73. The molecule has 1 heterocycles. The number of carbonyl (C=O) groups excluding carboxylic acids is 1. The maximum Gasteiger partial charge on any atom is 0.241 e. The Morgan fingerprint density at radius 1 is 1.15 bits per heavy atom. The number of likely N-dealkylation sites (tertiary alicyclic amines) is 1. The van der Waals surface area contributed by atoms with Crippen molar-refractivity contribution in [2.45, 2.75) is 58.4 Å². The minimum absolute atomic E-state index is 0.104. The second-order valence-electron chi connectivity index (χ2n) is 8.31. The fourth-order valence-electron chi connectivity index (χ4n) is 3.71. The van der Waals surface area contributed by atoms with Crippen molar-refractivity contribution in [3.63, 3.8) is 0 Å². The Kier molecular flexibility index (Phi) is 6.86. The first-order valence-electron chi connectivity index (χ1n) is 9.46. The van der Waals surface area contributed by atoms with Crippen molar-refractivity contribution in [3.8, 4) is 0 Å². The van der Waals surface area contributed by atoms with Gasteiger partial charge in [0.2, 0.25) is 15.9 Å². The summed E-state index contributed by atoms with van der Waals surface area (Å²) in [6, 6.07) is 5.97. The molecule has 1 amide bonds. The van der Waals surface area contributed by atoms with Gasteiger partial charge in [0.25, 0.3) is 0 Å². The van der Waals surface area contributed by atoms with Crippen LogP contribution in [0.2, 0.25) is 0 Å². The second-order valence-corrected chi connectivity index (χ2v) is 10.0. The number of nitrogens with zero attached hydrogens (tertiary/aromatic N) is 1. The summed E-state index contributed by atoms with van der Waals surface area (Å²) in [6.07, 6.45) is 1.59. The average Bonchev–Trinajstić information content (AvgIpc) is 2.52. The van der Waals surface area contributed by atoms with E-state index < -0.39 is 16.1 Å². The molecule has 0 aromatic heterocycles. The van der Waals surface area contributed by atoms with Crippen molar-refractivity contribution in [1.29, 1.82) is 0 Å². The Hall–Kier alpha value is -1.40.